The minimum atomic E-state index is -0.364. The molecule has 1 aromatic carbocycles. The molecule has 2 N–H and O–H groups in total. The Morgan fingerprint density at radius 2 is 2.23 bits per heavy atom. The average molecular weight is 308 g/mol. The Bertz CT molecular complexity index is 489. The van der Waals surface area contributed by atoms with Crippen molar-refractivity contribution in [1.82, 2.24) is 5.32 Å². The molecule has 1 atom stereocenters. The molecule has 2 rings (SSSR count). The zero-order valence-electron chi connectivity index (χ0n) is 13.4. The number of nitrogens with one attached hydrogen (secondary N) is 2. The second-order valence-corrected chi connectivity index (χ2v) is 5.52. The van der Waals surface area contributed by atoms with E-state index in [9.17, 15) is 9.18 Å². The first kappa shape index (κ1) is 18.2. The Kier molecular flexibility index (Phi) is 8.22. The summed E-state index contributed by atoms with van der Waals surface area (Å²) >= 11 is 0. The molecule has 0 fully saturated rings. The van der Waals surface area contributed by atoms with Crippen molar-refractivity contribution < 1.29 is 13.9 Å². The number of allylic oxidation sites excluding steroid dienone is 1. The maximum absolute atomic E-state index is 12.8. The van der Waals surface area contributed by atoms with Crippen molar-refractivity contribution in [3.05, 3.63) is 42.2 Å². The Hall–Kier alpha value is -1.88. The molecule has 0 spiro atoms. The molecule has 0 aliphatic heterocycles. The molecule has 1 aliphatic carbocycles. The van der Waals surface area contributed by atoms with Gasteiger partial charge in [0.25, 0.3) is 0 Å². The van der Waals surface area contributed by atoms with Gasteiger partial charge in [0.1, 0.15) is 5.82 Å². The molecule has 1 aliphatic rings. The van der Waals surface area contributed by atoms with Gasteiger partial charge < -0.3 is 15.4 Å². The van der Waals surface area contributed by atoms with Crippen molar-refractivity contribution in [2.75, 3.05) is 19.0 Å². The van der Waals surface area contributed by atoms with E-state index in [1.807, 2.05) is 13.8 Å². The summed E-state index contributed by atoms with van der Waals surface area (Å²) in [5.41, 5.74) is 0.455. The summed E-state index contributed by atoms with van der Waals surface area (Å²) in [5, 5.41) is 5.23. The summed E-state index contributed by atoms with van der Waals surface area (Å²) in [7, 11) is 1.75. The zero-order chi connectivity index (χ0) is 16.4. The lowest BCUT2D eigenvalue weighted by Gasteiger charge is -2.09. The van der Waals surface area contributed by atoms with Crippen molar-refractivity contribution in [2.24, 2.45) is 5.92 Å². The monoisotopic (exact) mass is 308 g/mol. The van der Waals surface area contributed by atoms with Crippen LogP contribution in [-0.4, -0.2) is 25.8 Å². The van der Waals surface area contributed by atoms with Crippen LogP contribution in [0.2, 0.25) is 0 Å². The molecule has 1 unspecified atom stereocenters. The number of benzene rings is 1. The first-order chi connectivity index (χ1) is 10.5. The molecule has 0 aromatic heterocycles. The highest BCUT2D eigenvalue weighted by atomic mass is 19.1. The van der Waals surface area contributed by atoms with E-state index in [1.54, 1.807) is 19.2 Å². The van der Waals surface area contributed by atoms with E-state index in [0.29, 0.717) is 24.3 Å². The van der Waals surface area contributed by atoms with Crippen molar-refractivity contribution in [2.45, 2.75) is 32.8 Å². The van der Waals surface area contributed by atoms with Gasteiger partial charge >= 0.3 is 6.03 Å². The molecule has 0 saturated carbocycles. The summed E-state index contributed by atoms with van der Waals surface area (Å²) in [4.78, 5) is 11.3. The fourth-order valence-corrected chi connectivity index (χ4v) is 1.84. The summed E-state index contributed by atoms with van der Waals surface area (Å²) in [5.74, 6) is 0.0277. The third-order valence-corrected chi connectivity index (χ3v) is 3.02. The number of hydrogen-bond acceptors (Lipinski definition) is 2. The maximum Gasteiger partial charge on any atom is 0.319 e. The highest BCUT2D eigenvalue weighted by Gasteiger charge is 2.04. The standard InChI is InChI=1S/C11H15FN2O.C6H10O/c1-8(2)7-13-11(15)14-10-5-3-4-9(12)6-10;1-7-6-4-2-3-5-6/h3-6,8H,7H2,1-2H3,(H2,13,14,15);2,4,6H,3,5H2,1H3. The van der Waals surface area contributed by atoms with E-state index in [4.69, 9.17) is 4.74 Å². The normalized spacial score (nSPS) is 16.1. The second-order valence-electron chi connectivity index (χ2n) is 5.52. The van der Waals surface area contributed by atoms with Gasteiger partial charge in [0, 0.05) is 19.3 Å². The number of hydrogen-bond donors (Lipinski definition) is 2. The molecule has 0 saturated heterocycles. The van der Waals surface area contributed by atoms with Crippen molar-refractivity contribution in [3.63, 3.8) is 0 Å². The predicted octanol–water partition coefficient (Wildman–Crippen LogP) is 3.95. The molecule has 22 heavy (non-hydrogen) atoms. The van der Waals surface area contributed by atoms with Crippen LogP contribution in [0.5, 0.6) is 0 Å². The molecular formula is C17H25FN2O2. The number of halogens is 1. The summed E-state index contributed by atoms with van der Waals surface area (Å²) in [6.07, 6.45) is 7.06. The lowest BCUT2D eigenvalue weighted by molar-refractivity contribution is 0.141. The predicted molar refractivity (Wildman–Crippen MR) is 87.4 cm³/mol. The van der Waals surface area contributed by atoms with E-state index >= 15 is 0 Å². The number of carbonyl (C=O) groups is 1. The number of methoxy groups -OCH3 is 1. The molecule has 2 amide bonds. The molecule has 0 radical (unpaired) electrons. The van der Waals surface area contributed by atoms with Crippen LogP contribution in [0.15, 0.2) is 36.4 Å². The van der Waals surface area contributed by atoms with Crippen LogP contribution in [0.3, 0.4) is 0 Å². The van der Waals surface area contributed by atoms with Gasteiger partial charge in [-0.25, -0.2) is 9.18 Å². The van der Waals surface area contributed by atoms with E-state index in [-0.39, 0.29) is 11.8 Å². The fraction of sp³-hybridized carbons (Fsp3) is 0.471. The minimum absolute atomic E-state index is 0.311. The average Bonchev–Trinajstić information content (AvgIpc) is 2.99. The largest absolute Gasteiger partial charge is 0.377 e. The van der Waals surface area contributed by atoms with E-state index < -0.39 is 0 Å². The number of carbonyl (C=O) groups excluding carboxylic acids is 1. The second kappa shape index (κ2) is 9.95. The molecule has 122 valence electrons. The van der Waals surface area contributed by atoms with Gasteiger partial charge in [0.15, 0.2) is 0 Å². The van der Waals surface area contributed by atoms with Crippen molar-refractivity contribution >= 4 is 11.7 Å². The van der Waals surface area contributed by atoms with Gasteiger partial charge in [-0.3, -0.25) is 0 Å². The third-order valence-electron chi connectivity index (χ3n) is 3.02. The van der Waals surface area contributed by atoms with Crippen LogP contribution in [0.4, 0.5) is 14.9 Å². The van der Waals surface area contributed by atoms with Crippen molar-refractivity contribution in [1.29, 1.82) is 0 Å². The highest BCUT2D eigenvalue weighted by Crippen LogP contribution is 2.10. The van der Waals surface area contributed by atoms with Gasteiger partial charge in [0.05, 0.1) is 6.10 Å². The van der Waals surface area contributed by atoms with Crippen LogP contribution < -0.4 is 10.6 Å². The smallest absolute Gasteiger partial charge is 0.319 e. The molecule has 5 heteroatoms. The quantitative estimate of drug-likeness (QED) is 0.827. The lowest BCUT2D eigenvalue weighted by atomic mass is 10.2. The summed E-state index contributed by atoms with van der Waals surface area (Å²) < 4.78 is 17.8. The minimum Gasteiger partial charge on any atom is -0.377 e. The van der Waals surface area contributed by atoms with Crippen molar-refractivity contribution in [3.8, 4) is 0 Å². The number of rotatable bonds is 4. The van der Waals surface area contributed by atoms with E-state index in [0.717, 1.165) is 0 Å². The Morgan fingerprint density at radius 1 is 1.45 bits per heavy atom. The van der Waals surface area contributed by atoms with Crippen LogP contribution in [0.1, 0.15) is 26.7 Å². The van der Waals surface area contributed by atoms with Gasteiger partial charge in [0.2, 0.25) is 0 Å². The van der Waals surface area contributed by atoms with Gasteiger partial charge in [-0.2, -0.15) is 0 Å². The van der Waals surface area contributed by atoms with E-state index in [2.05, 4.69) is 22.8 Å². The molecular weight excluding hydrogens is 283 g/mol. The van der Waals surface area contributed by atoms with Gasteiger partial charge in [-0.05, 0) is 37.0 Å². The number of amides is 2. The van der Waals surface area contributed by atoms with E-state index in [1.165, 1.54) is 25.0 Å². The van der Waals surface area contributed by atoms with Crippen LogP contribution in [-0.2, 0) is 4.74 Å². The Morgan fingerprint density at radius 3 is 2.73 bits per heavy atom. The number of ether oxygens (including phenoxy) is 1. The van der Waals surface area contributed by atoms with Crippen LogP contribution >= 0.6 is 0 Å². The molecule has 1 aromatic rings. The van der Waals surface area contributed by atoms with Crippen LogP contribution in [0.25, 0.3) is 0 Å². The first-order valence-corrected chi connectivity index (χ1v) is 7.51. The van der Waals surface area contributed by atoms with Crippen LogP contribution in [0, 0.1) is 11.7 Å². The molecule has 0 heterocycles. The molecule has 4 nitrogen and oxygen atoms in total. The maximum atomic E-state index is 12.8. The topological polar surface area (TPSA) is 50.4 Å². The summed E-state index contributed by atoms with van der Waals surface area (Å²) in [6.45, 7) is 4.60. The molecule has 0 bridgehead atoms. The summed E-state index contributed by atoms with van der Waals surface area (Å²) in [6, 6.07) is 5.48. The Balaban J connectivity index is 0.000000287. The first-order valence-electron chi connectivity index (χ1n) is 7.51. The number of urea groups is 1. The third kappa shape index (κ3) is 7.78. The SMILES string of the molecule is CC(C)CNC(=O)Nc1cccc(F)c1.COC1C=CCC1. The zero-order valence-corrected chi connectivity index (χ0v) is 13.4. The fourth-order valence-electron chi connectivity index (χ4n) is 1.84. The lowest BCUT2D eigenvalue weighted by Crippen LogP contribution is -2.31. The highest BCUT2D eigenvalue weighted by molar-refractivity contribution is 5.89. The van der Waals surface area contributed by atoms with Gasteiger partial charge in [-0.15, -0.1) is 0 Å². The van der Waals surface area contributed by atoms with Gasteiger partial charge in [-0.1, -0.05) is 32.1 Å². The number of anilines is 1. The Labute approximate surface area is 131 Å².